The highest BCUT2D eigenvalue weighted by molar-refractivity contribution is 5.03. The maximum Gasteiger partial charge on any atom is 0.0416 e. The van der Waals surface area contributed by atoms with Crippen molar-refractivity contribution in [3.05, 3.63) is 37.0 Å². The Morgan fingerprint density at radius 1 is 1.45 bits per heavy atom. The normalized spacial score (nSPS) is 9.91. The van der Waals surface area contributed by atoms with Crippen LogP contribution in [0.5, 0.6) is 0 Å². The summed E-state index contributed by atoms with van der Waals surface area (Å²) in [6.07, 6.45) is 2.75. The van der Waals surface area contributed by atoms with Crippen LogP contribution in [0.4, 0.5) is 0 Å². The van der Waals surface area contributed by atoms with E-state index in [0.717, 1.165) is 18.7 Å². The highest BCUT2D eigenvalue weighted by atomic mass is 14.8. The molecule has 1 aromatic rings. The minimum atomic E-state index is 0.535. The van der Waals surface area contributed by atoms with Crippen molar-refractivity contribution in [3.63, 3.8) is 0 Å². The second-order valence-electron chi connectivity index (χ2n) is 2.28. The van der Waals surface area contributed by atoms with E-state index in [0.29, 0.717) is 6.54 Å². The van der Waals surface area contributed by atoms with Crippen molar-refractivity contribution < 1.29 is 0 Å². The van der Waals surface area contributed by atoms with Crippen molar-refractivity contribution in [2.75, 3.05) is 13.1 Å². The van der Waals surface area contributed by atoms with E-state index in [1.54, 1.807) is 6.20 Å². The van der Waals surface area contributed by atoms with Gasteiger partial charge in [-0.15, -0.1) is 0 Å². The standard InChI is InChI=1S/C9H12N2/c1-2-10-8-6-9-5-3-4-7-11-9/h1,3-5,7,10H,2,6,8H2. The van der Waals surface area contributed by atoms with Gasteiger partial charge in [0.05, 0.1) is 0 Å². The number of nitrogens with zero attached hydrogens (tertiary/aromatic N) is 1. The lowest BCUT2D eigenvalue weighted by Gasteiger charge is -1.99. The fourth-order valence-electron chi connectivity index (χ4n) is 0.865. The number of aromatic nitrogens is 1. The lowest BCUT2D eigenvalue weighted by Crippen LogP contribution is -2.16. The molecular weight excluding hydrogens is 136 g/mol. The molecule has 0 saturated carbocycles. The molecular formula is C9H12N2. The predicted octanol–water partition coefficient (Wildman–Crippen LogP) is 0.925. The van der Waals surface area contributed by atoms with Gasteiger partial charge in [-0.05, 0) is 25.6 Å². The smallest absolute Gasteiger partial charge is 0.0416 e. The fourth-order valence-corrected chi connectivity index (χ4v) is 0.865. The Hall–Kier alpha value is -0.890. The van der Waals surface area contributed by atoms with Gasteiger partial charge in [-0.3, -0.25) is 4.98 Å². The third-order valence-corrected chi connectivity index (χ3v) is 1.43. The van der Waals surface area contributed by atoms with Gasteiger partial charge in [-0.25, -0.2) is 0 Å². The molecule has 1 aromatic heterocycles. The maximum absolute atomic E-state index is 5.26. The first-order chi connectivity index (χ1) is 5.43. The largest absolute Gasteiger partial charge is 0.316 e. The van der Waals surface area contributed by atoms with Crippen LogP contribution in [0.25, 0.3) is 0 Å². The molecule has 2 radical (unpaired) electrons. The van der Waals surface area contributed by atoms with Gasteiger partial charge in [0.2, 0.25) is 0 Å². The molecule has 11 heavy (non-hydrogen) atoms. The third kappa shape index (κ3) is 3.14. The molecule has 1 N–H and O–H groups in total. The van der Waals surface area contributed by atoms with Gasteiger partial charge in [0.25, 0.3) is 0 Å². The van der Waals surface area contributed by atoms with E-state index in [9.17, 15) is 0 Å². The molecule has 0 aliphatic carbocycles. The van der Waals surface area contributed by atoms with Gasteiger partial charge < -0.3 is 5.32 Å². The lowest BCUT2D eigenvalue weighted by molar-refractivity contribution is 0.732. The minimum absolute atomic E-state index is 0.535. The second kappa shape index (κ2) is 4.85. The molecule has 0 aliphatic heterocycles. The number of pyridine rings is 1. The molecule has 2 heteroatoms. The van der Waals surface area contributed by atoms with Crippen molar-refractivity contribution in [1.29, 1.82) is 0 Å². The number of hydrogen-bond acceptors (Lipinski definition) is 2. The van der Waals surface area contributed by atoms with E-state index >= 15 is 0 Å². The Labute approximate surface area is 67.7 Å². The van der Waals surface area contributed by atoms with E-state index in [1.807, 2.05) is 18.2 Å². The Morgan fingerprint density at radius 3 is 3.00 bits per heavy atom. The molecule has 1 rings (SSSR count). The molecule has 0 fully saturated rings. The summed E-state index contributed by atoms with van der Waals surface area (Å²) < 4.78 is 0. The SMILES string of the molecule is [CH]CNCCc1ccccn1. The van der Waals surface area contributed by atoms with E-state index in [4.69, 9.17) is 6.92 Å². The first-order valence-corrected chi connectivity index (χ1v) is 3.74. The molecule has 0 unspecified atom stereocenters. The Kier molecular flexibility index (Phi) is 3.62. The van der Waals surface area contributed by atoms with Crippen molar-refractivity contribution in [3.8, 4) is 0 Å². The molecule has 0 aliphatic rings. The van der Waals surface area contributed by atoms with Crippen LogP contribution in [0.2, 0.25) is 0 Å². The van der Waals surface area contributed by atoms with Crippen LogP contribution in [0.1, 0.15) is 5.69 Å². The Morgan fingerprint density at radius 2 is 2.36 bits per heavy atom. The molecule has 0 saturated heterocycles. The fraction of sp³-hybridized carbons (Fsp3) is 0.333. The van der Waals surface area contributed by atoms with Crippen LogP contribution >= 0.6 is 0 Å². The van der Waals surface area contributed by atoms with Gasteiger partial charge in [-0.1, -0.05) is 6.07 Å². The van der Waals surface area contributed by atoms with Crippen molar-refractivity contribution in [1.82, 2.24) is 10.3 Å². The highest BCUT2D eigenvalue weighted by Crippen LogP contribution is 1.92. The predicted molar refractivity (Wildman–Crippen MR) is 45.1 cm³/mol. The van der Waals surface area contributed by atoms with Crippen molar-refractivity contribution in [2.24, 2.45) is 0 Å². The van der Waals surface area contributed by atoms with Crippen LogP contribution in [-0.4, -0.2) is 18.1 Å². The van der Waals surface area contributed by atoms with Crippen molar-refractivity contribution in [2.45, 2.75) is 6.42 Å². The molecule has 0 atom stereocenters. The summed E-state index contributed by atoms with van der Waals surface area (Å²) in [6, 6.07) is 5.92. The summed E-state index contributed by atoms with van der Waals surface area (Å²) >= 11 is 0. The summed E-state index contributed by atoms with van der Waals surface area (Å²) in [5, 5.41) is 3.03. The molecule has 0 amide bonds. The Balaban J connectivity index is 2.28. The summed E-state index contributed by atoms with van der Waals surface area (Å²) in [5.74, 6) is 0. The lowest BCUT2D eigenvalue weighted by atomic mass is 10.3. The summed E-state index contributed by atoms with van der Waals surface area (Å²) in [6.45, 7) is 6.69. The van der Waals surface area contributed by atoms with Crippen LogP contribution in [0.3, 0.4) is 0 Å². The third-order valence-electron chi connectivity index (χ3n) is 1.43. The Bertz CT molecular complexity index is 184. The summed E-state index contributed by atoms with van der Waals surface area (Å²) in [5.41, 5.74) is 1.11. The van der Waals surface area contributed by atoms with Crippen LogP contribution in [0.15, 0.2) is 24.4 Å². The van der Waals surface area contributed by atoms with E-state index < -0.39 is 0 Å². The molecule has 58 valence electrons. The van der Waals surface area contributed by atoms with Crippen LogP contribution in [-0.2, 0) is 6.42 Å². The average Bonchev–Trinajstić information content (AvgIpc) is 2.07. The highest BCUT2D eigenvalue weighted by Gasteiger charge is 1.89. The van der Waals surface area contributed by atoms with Crippen LogP contribution in [0, 0.1) is 6.92 Å². The number of nitrogens with one attached hydrogen (secondary N) is 1. The molecule has 0 bridgehead atoms. The zero-order chi connectivity index (χ0) is 7.94. The quantitative estimate of drug-likeness (QED) is 0.642. The van der Waals surface area contributed by atoms with E-state index in [1.165, 1.54) is 0 Å². The zero-order valence-electron chi connectivity index (χ0n) is 6.46. The van der Waals surface area contributed by atoms with Crippen molar-refractivity contribution >= 4 is 0 Å². The van der Waals surface area contributed by atoms with E-state index in [2.05, 4.69) is 10.3 Å². The van der Waals surface area contributed by atoms with Gasteiger partial charge in [0.1, 0.15) is 0 Å². The van der Waals surface area contributed by atoms with Gasteiger partial charge in [0, 0.05) is 24.9 Å². The number of hydrogen-bond donors (Lipinski definition) is 1. The summed E-state index contributed by atoms with van der Waals surface area (Å²) in [4.78, 5) is 4.17. The first-order valence-electron chi connectivity index (χ1n) is 3.74. The maximum atomic E-state index is 5.26. The second-order valence-corrected chi connectivity index (χ2v) is 2.28. The average molecular weight is 148 g/mol. The number of rotatable bonds is 4. The minimum Gasteiger partial charge on any atom is -0.316 e. The van der Waals surface area contributed by atoms with Gasteiger partial charge >= 0.3 is 0 Å². The van der Waals surface area contributed by atoms with E-state index in [-0.39, 0.29) is 0 Å². The van der Waals surface area contributed by atoms with Gasteiger partial charge in [0.15, 0.2) is 0 Å². The molecule has 1 heterocycles. The summed E-state index contributed by atoms with van der Waals surface area (Å²) in [7, 11) is 0. The first kappa shape index (κ1) is 8.21. The van der Waals surface area contributed by atoms with Crippen LogP contribution < -0.4 is 5.32 Å². The molecule has 0 aromatic carbocycles. The molecule has 0 spiro atoms. The topological polar surface area (TPSA) is 24.9 Å². The zero-order valence-corrected chi connectivity index (χ0v) is 6.46. The van der Waals surface area contributed by atoms with Gasteiger partial charge in [-0.2, -0.15) is 0 Å². The molecule has 2 nitrogen and oxygen atoms in total. The monoisotopic (exact) mass is 148 g/mol.